The monoisotopic (exact) mass is 444 g/mol. The summed E-state index contributed by atoms with van der Waals surface area (Å²) in [6.07, 6.45) is -0.0415. The maximum atomic E-state index is 12.3. The van der Waals surface area contributed by atoms with E-state index in [-0.39, 0.29) is 24.7 Å². The smallest absolute Gasteiger partial charge is 0.382 e. The Morgan fingerprint density at radius 1 is 1.29 bits per heavy atom. The van der Waals surface area contributed by atoms with Gasteiger partial charge in [0.15, 0.2) is 5.82 Å². The molecule has 1 saturated carbocycles. The Morgan fingerprint density at radius 3 is 2.74 bits per heavy atom. The van der Waals surface area contributed by atoms with Gasteiger partial charge in [0.25, 0.3) is 5.65 Å². The maximum Gasteiger partial charge on any atom is 0.390 e. The largest absolute Gasteiger partial charge is 0.390 e. The molecule has 2 fully saturated rings. The van der Waals surface area contributed by atoms with E-state index < -0.39 is 12.6 Å². The SMILES string of the molecule is C[C@H]1CN(c2n[nH]c3c2cnc(NC2CCC(NCCC(F)(F)F)CC2)[n+]3O)CCO1. The van der Waals surface area contributed by atoms with Gasteiger partial charge in [0.05, 0.1) is 25.2 Å². The van der Waals surface area contributed by atoms with Crippen molar-refractivity contribution in [3.63, 3.8) is 0 Å². The van der Waals surface area contributed by atoms with Crippen LogP contribution in [-0.4, -0.2) is 71.0 Å². The van der Waals surface area contributed by atoms with Gasteiger partial charge in [0.2, 0.25) is 0 Å². The lowest BCUT2D eigenvalue weighted by Gasteiger charge is -2.30. The minimum absolute atomic E-state index is 0.0504. The van der Waals surface area contributed by atoms with Crippen molar-refractivity contribution in [3.8, 4) is 0 Å². The van der Waals surface area contributed by atoms with Crippen molar-refractivity contribution in [1.29, 1.82) is 0 Å². The first-order valence-corrected chi connectivity index (χ1v) is 10.7. The van der Waals surface area contributed by atoms with Gasteiger partial charge in [-0.1, -0.05) is 0 Å². The molecule has 3 heterocycles. The zero-order valence-electron chi connectivity index (χ0n) is 17.5. The van der Waals surface area contributed by atoms with E-state index in [1.807, 2.05) is 6.92 Å². The van der Waals surface area contributed by atoms with Crippen LogP contribution in [0, 0.1) is 0 Å². The van der Waals surface area contributed by atoms with Gasteiger partial charge in [0, 0.05) is 25.7 Å². The standard InChI is InChI=1S/C19H28F3N7O2/c1-12-11-28(8-9-31-12)16-15-10-24-18(29(30)17(15)27-26-16)25-14-4-2-13(3-5-14)23-7-6-19(20,21)22/h10,12-14,23,30H,2-9,11H2,1H3,(H,24,25,26,27)/p+1/t12-,13?,14?/m0/s1. The van der Waals surface area contributed by atoms with Crippen molar-refractivity contribution < 1.29 is 27.8 Å². The Balaban J connectivity index is 1.35. The summed E-state index contributed by atoms with van der Waals surface area (Å²) in [6.45, 7) is 4.01. The van der Waals surface area contributed by atoms with Gasteiger partial charge in [-0.15, -0.1) is 10.1 Å². The number of rotatable bonds is 6. The molecule has 2 aromatic rings. The van der Waals surface area contributed by atoms with E-state index in [1.54, 1.807) is 6.20 Å². The van der Waals surface area contributed by atoms with Crippen molar-refractivity contribution >= 4 is 22.8 Å². The molecule has 0 unspecified atom stereocenters. The molecule has 0 amide bonds. The lowest BCUT2D eigenvalue weighted by Crippen LogP contribution is -2.42. The topological polar surface area (TPSA) is 102 Å². The summed E-state index contributed by atoms with van der Waals surface area (Å²) >= 11 is 0. The number of halogens is 3. The first-order valence-electron chi connectivity index (χ1n) is 10.7. The third-order valence-corrected chi connectivity index (χ3v) is 5.93. The Morgan fingerprint density at radius 2 is 2.03 bits per heavy atom. The second-order valence-electron chi connectivity index (χ2n) is 8.34. The van der Waals surface area contributed by atoms with Gasteiger partial charge >= 0.3 is 12.1 Å². The molecule has 1 aliphatic carbocycles. The molecule has 31 heavy (non-hydrogen) atoms. The molecule has 2 aliphatic rings. The number of hydrogen-bond acceptors (Lipinski definition) is 7. The lowest BCUT2D eigenvalue weighted by molar-refractivity contribution is -0.876. The molecule has 1 atom stereocenters. The van der Waals surface area contributed by atoms with Crippen LogP contribution in [0.5, 0.6) is 0 Å². The van der Waals surface area contributed by atoms with Crippen LogP contribution in [0.1, 0.15) is 39.0 Å². The molecular weight excluding hydrogens is 415 g/mol. The van der Waals surface area contributed by atoms with Gasteiger partial charge in [-0.25, -0.2) is 0 Å². The highest BCUT2D eigenvalue weighted by molar-refractivity contribution is 5.85. The average Bonchev–Trinajstić information content (AvgIpc) is 3.15. The third kappa shape index (κ3) is 5.29. The molecule has 12 heteroatoms. The minimum atomic E-state index is -4.13. The second kappa shape index (κ2) is 9.03. The van der Waals surface area contributed by atoms with Crippen LogP contribution < -0.4 is 20.3 Å². The molecule has 0 bridgehead atoms. The molecule has 1 aliphatic heterocycles. The van der Waals surface area contributed by atoms with Crippen LogP contribution in [-0.2, 0) is 4.74 Å². The zero-order valence-corrected chi connectivity index (χ0v) is 17.5. The highest BCUT2D eigenvalue weighted by atomic mass is 19.4. The summed E-state index contributed by atoms with van der Waals surface area (Å²) < 4.78 is 43.4. The number of hydrogen-bond donors (Lipinski definition) is 4. The summed E-state index contributed by atoms with van der Waals surface area (Å²) in [6, 6.07) is 0.176. The van der Waals surface area contributed by atoms with Crippen LogP contribution in [0.2, 0.25) is 0 Å². The summed E-state index contributed by atoms with van der Waals surface area (Å²) in [5.74, 6) is 1.05. The molecule has 0 aromatic carbocycles. The molecule has 0 spiro atoms. The van der Waals surface area contributed by atoms with Crippen LogP contribution in [0.3, 0.4) is 0 Å². The van der Waals surface area contributed by atoms with E-state index in [1.165, 1.54) is 0 Å². The molecule has 1 saturated heterocycles. The Kier molecular flexibility index (Phi) is 6.37. The summed E-state index contributed by atoms with van der Waals surface area (Å²) in [5.41, 5.74) is 0.453. The fraction of sp³-hybridized carbons (Fsp3) is 0.737. The van der Waals surface area contributed by atoms with Gasteiger partial charge < -0.3 is 20.2 Å². The molecule has 9 nitrogen and oxygen atoms in total. The van der Waals surface area contributed by atoms with E-state index in [9.17, 15) is 18.4 Å². The number of nitrogens with zero attached hydrogens (tertiary/aromatic N) is 4. The Bertz CT molecular complexity index is 883. The predicted molar refractivity (Wildman–Crippen MR) is 107 cm³/mol. The van der Waals surface area contributed by atoms with Gasteiger partial charge in [0.1, 0.15) is 11.6 Å². The number of aromatic amines is 1. The van der Waals surface area contributed by atoms with Crippen molar-refractivity contribution in [2.75, 3.05) is 36.5 Å². The van der Waals surface area contributed by atoms with Gasteiger partial charge in [-0.3, -0.25) is 5.32 Å². The van der Waals surface area contributed by atoms with E-state index in [2.05, 4.69) is 30.7 Å². The van der Waals surface area contributed by atoms with E-state index in [4.69, 9.17) is 4.74 Å². The van der Waals surface area contributed by atoms with Crippen LogP contribution in [0.15, 0.2) is 6.20 Å². The van der Waals surface area contributed by atoms with Gasteiger partial charge in [-0.05, 0) is 37.3 Å². The summed E-state index contributed by atoms with van der Waals surface area (Å²) in [4.78, 5) is 6.49. The zero-order chi connectivity index (χ0) is 22.0. The molecular formula is C19H29F3N7O2+. The van der Waals surface area contributed by atoms with Crippen molar-refractivity contribution in [1.82, 2.24) is 20.5 Å². The third-order valence-electron chi connectivity index (χ3n) is 5.93. The predicted octanol–water partition coefficient (Wildman–Crippen LogP) is 1.97. The number of ether oxygens (including phenoxy) is 1. The molecule has 172 valence electrons. The Labute approximate surface area is 177 Å². The first kappa shape index (κ1) is 21.9. The van der Waals surface area contributed by atoms with Crippen molar-refractivity contribution in [2.24, 2.45) is 0 Å². The van der Waals surface area contributed by atoms with Crippen molar-refractivity contribution in [2.45, 2.75) is 63.4 Å². The molecule has 0 radical (unpaired) electrons. The number of anilines is 2. The van der Waals surface area contributed by atoms with Crippen LogP contribution in [0.4, 0.5) is 24.9 Å². The normalized spacial score (nSPS) is 25.2. The molecule has 4 rings (SSSR count). The highest BCUT2D eigenvalue weighted by Crippen LogP contribution is 2.25. The average molecular weight is 444 g/mol. The number of fused-ring (bicyclic) bond motifs is 1. The summed E-state index contributed by atoms with van der Waals surface area (Å²) in [7, 11) is 0. The molecule has 2 aromatic heterocycles. The highest BCUT2D eigenvalue weighted by Gasteiger charge is 2.30. The number of H-pyrrole nitrogens is 1. The van der Waals surface area contributed by atoms with Crippen LogP contribution in [0.25, 0.3) is 11.0 Å². The van der Waals surface area contributed by atoms with E-state index in [0.29, 0.717) is 24.7 Å². The quantitative estimate of drug-likeness (QED) is 0.399. The fourth-order valence-corrected chi connectivity index (χ4v) is 4.29. The minimum Gasteiger partial charge on any atom is -0.382 e. The fourth-order valence-electron chi connectivity index (χ4n) is 4.29. The number of aromatic nitrogens is 4. The summed E-state index contributed by atoms with van der Waals surface area (Å²) in [5, 5.41) is 24.9. The second-order valence-corrected chi connectivity index (χ2v) is 8.34. The maximum absolute atomic E-state index is 12.3. The first-order chi connectivity index (χ1) is 14.8. The lowest BCUT2D eigenvalue weighted by atomic mass is 9.91. The number of morpholine rings is 1. The number of nitrogens with one attached hydrogen (secondary N) is 3. The molecule has 4 N–H and O–H groups in total. The van der Waals surface area contributed by atoms with Crippen molar-refractivity contribution in [3.05, 3.63) is 6.20 Å². The Hall–Kier alpha value is -2.34. The van der Waals surface area contributed by atoms with E-state index in [0.717, 1.165) is 48.2 Å². The van der Waals surface area contributed by atoms with Crippen LogP contribution >= 0.6 is 0 Å². The number of alkyl halides is 3. The van der Waals surface area contributed by atoms with Gasteiger partial charge in [-0.2, -0.15) is 18.3 Å². The van der Waals surface area contributed by atoms with E-state index >= 15 is 0 Å².